The number of hydrogen-bond donors (Lipinski definition) is 1. The lowest BCUT2D eigenvalue weighted by Gasteiger charge is -2.04. The van der Waals surface area contributed by atoms with Crippen LogP contribution in [-0.4, -0.2) is 12.5 Å². The molecule has 0 radical (unpaired) electrons. The van der Waals surface area contributed by atoms with Gasteiger partial charge in [0, 0.05) is 16.3 Å². The molecule has 0 atom stereocenters. The number of aryl methyl sites for hydroxylation is 1. The van der Waals surface area contributed by atoms with Gasteiger partial charge in [-0.25, -0.2) is 0 Å². The van der Waals surface area contributed by atoms with Crippen molar-refractivity contribution in [3.63, 3.8) is 0 Å². The Bertz CT molecular complexity index is 511. The maximum absolute atomic E-state index is 11.9. The van der Waals surface area contributed by atoms with Crippen molar-refractivity contribution >= 4 is 23.3 Å². The Balaban J connectivity index is 2.32. The van der Waals surface area contributed by atoms with Crippen LogP contribution in [0.2, 0.25) is 0 Å². The summed E-state index contributed by atoms with van der Waals surface area (Å²) in [5.41, 5.74) is 0.183. The van der Waals surface area contributed by atoms with E-state index in [9.17, 15) is 4.79 Å². The molecule has 4 heteroatoms. The lowest BCUT2D eigenvalue weighted by molar-refractivity contribution is -0.117. The van der Waals surface area contributed by atoms with Crippen molar-refractivity contribution in [2.45, 2.75) is 52.4 Å². The van der Waals surface area contributed by atoms with E-state index in [2.05, 4.69) is 12.2 Å². The summed E-state index contributed by atoms with van der Waals surface area (Å²) < 4.78 is 0. The Kier molecular flexibility index (Phi) is 8.45. The summed E-state index contributed by atoms with van der Waals surface area (Å²) in [6.07, 6.45) is 8.80. The monoisotopic (exact) mass is 304 g/mol. The van der Waals surface area contributed by atoms with E-state index in [4.69, 9.17) is 5.26 Å². The van der Waals surface area contributed by atoms with Gasteiger partial charge in [-0.3, -0.25) is 4.79 Å². The van der Waals surface area contributed by atoms with Crippen LogP contribution in [0, 0.1) is 18.3 Å². The number of nitrogens with one attached hydrogen (secondary N) is 1. The van der Waals surface area contributed by atoms with Gasteiger partial charge in [0.15, 0.2) is 0 Å². The van der Waals surface area contributed by atoms with Crippen molar-refractivity contribution in [2.24, 2.45) is 0 Å². The number of amides is 1. The van der Waals surface area contributed by atoms with Gasteiger partial charge < -0.3 is 5.32 Å². The van der Waals surface area contributed by atoms with E-state index in [1.807, 2.05) is 25.1 Å². The SMILES string of the molecule is CCCCCCCCNC(=O)C(C#N)=Cc1ccc(C)s1. The average molecular weight is 304 g/mol. The molecule has 0 aromatic carbocycles. The minimum Gasteiger partial charge on any atom is -0.351 e. The summed E-state index contributed by atoms with van der Waals surface area (Å²) in [7, 11) is 0. The molecule has 0 fully saturated rings. The first-order chi connectivity index (χ1) is 10.2. The maximum Gasteiger partial charge on any atom is 0.261 e. The lowest BCUT2D eigenvalue weighted by Crippen LogP contribution is -2.25. The average Bonchev–Trinajstić information content (AvgIpc) is 2.89. The molecule has 0 saturated heterocycles. The van der Waals surface area contributed by atoms with E-state index in [0.717, 1.165) is 17.7 Å². The van der Waals surface area contributed by atoms with Gasteiger partial charge in [0.25, 0.3) is 5.91 Å². The van der Waals surface area contributed by atoms with Gasteiger partial charge in [-0.2, -0.15) is 5.26 Å². The number of carbonyl (C=O) groups is 1. The number of carbonyl (C=O) groups excluding carboxylic acids is 1. The first kappa shape index (κ1) is 17.5. The molecule has 114 valence electrons. The van der Waals surface area contributed by atoms with E-state index in [1.165, 1.54) is 30.6 Å². The molecule has 0 aliphatic rings. The molecule has 1 rings (SSSR count). The van der Waals surface area contributed by atoms with Crippen LogP contribution in [-0.2, 0) is 4.79 Å². The molecule has 0 aliphatic carbocycles. The largest absolute Gasteiger partial charge is 0.351 e. The minimum atomic E-state index is -0.267. The summed E-state index contributed by atoms with van der Waals surface area (Å²) in [6.45, 7) is 4.85. The summed E-state index contributed by atoms with van der Waals surface area (Å²) in [5, 5.41) is 11.9. The topological polar surface area (TPSA) is 52.9 Å². The van der Waals surface area contributed by atoms with Gasteiger partial charge in [0.05, 0.1) is 0 Å². The second kappa shape index (κ2) is 10.2. The van der Waals surface area contributed by atoms with Crippen LogP contribution in [0.4, 0.5) is 0 Å². The van der Waals surface area contributed by atoms with Crippen molar-refractivity contribution in [1.82, 2.24) is 5.32 Å². The van der Waals surface area contributed by atoms with E-state index in [0.29, 0.717) is 6.54 Å². The van der Waals surface area contributed by atoms with Crippen molar-refractivity contribution < 1.29 is 4.79 Å². The highest BCUT2D eigenvalue weighted by Gasteiger charge is 2.08. The van der Waals surface area contributed by atoms with Crippen LogP contribution in [0.3, 0.4) is 0 Å². The maximum atomic E-state index is 11.9. The first-order valence-corrected chi connectivity index (χ1v) is 8.45. The van der Waals surface area contributed by atoms with Crippen molar-refractivity contribution in [1.29, 1.82) is 5.26 Å². The van der Waals surface area contributed by atoms with Gasteiger partial charge in [0.2, 0.25) is 0 Å². The fraction of sp³-hybridized carbons (Fsp3) is 0.529. The van der Waals surface area contributed by atoms with E-state index in [1.54, 1.807) is 17.4 Å². The predicted octanol–water partition coefficient (Wildman–Crippen LogP) is 4.44. The van der Waals surface area contributed by atoms with Gasteiger partial charge in [-0.05, 0) is 31.6 Å². The zero-order valence-electron chi connectivity index (χ0n) is 12.9. The Morgan fingerprint density at radius 1 is 1.29 bits per heavy atom. The highest BCUT2D eigenvalue weighted by molar-refractivity contribution is 7.12. The van der Waals surface area contributed by atoms with E-state index < -0.39 is 0 Å². The lowest BCUT2D eigenvalue weighted by atomic mass is 10.1. The molecular weight excluding hydrogens is 280 g/mol. The van der Waals surface area contributed by atoms with E-state index in [-0.39, 0.29) is 11.5 Å². The van der Waals surface area contributed by atoms with Crippen LogP contribution >= 0.6 is 11.3 Å². The minimum absolute atomic E-state index is 0.183. The molecule has 0 spiro atoms. The van der Waals surface area contributed by atoms with Crippen molar-refractivity contribution in [3.8, 4) is 6.07 Å². The highest BCUT2D eigenvalue weighted by atomic mass is 32.1. The van der Waals surface area contributed by atoms with Gasteiger partial charge in [-0.1, -0.05) is 39.0 Å². The molecule has 1 aromatic heterocycles. The highest BCUT2D eigenvalue weighted by Crippen LogP contribution is 2.18. The molecule has 1 aromatic rings. The van der Waals surface area contributed by atoms with Crippen LogP contribution < -0.4 is 5.32 Å². The molecule has 1 N–H and O–H groups in total. The van der Waals surface area contributed by atoms with Crippen molar-refractivity contribution in [3.05, 3.63) is 27.5 Å². The van der Waals surface area contributed by atoms with E-state index >= 15 is 0 Å². The fourth-order valence-corrected chi connectivity index (χ4v) is 2.85. The molecular formula is C17H24N2OS. The third kappa shape index (κ3) is 7.10. The Hall–Kier alpha value is -1.60. The van der Waals surface area contributed by atoms with Crippen LogP contribution in [0.5, 0.6) is 0 Å². The fourth-order valence-electron chi connectivity index (χ4n) is 2.02. The smallest absolute Gasteiger partial charge is 0.261 e. The standard InChI is InChI=1S/C17H24N2OS/c1-3-4-5-6-7-8-11-19-17(20)15(13-18)12-16-10-9-14(2)21-16/h9-10,12H,3-8,11H2,1-2H3,(H,19,20). The quantitative estimate of drug-likeness (QED) is 0.416. The van der Waals surface area contributed by atoms with Crippen LogP contribution in [0.1, 0.15) is 55.2 Å². The zero-order valence-corrected chi connectivity index (χ0v) is 13.8. The predicted molar refractivity (Wildman–Crippen MR) is 89.0 cm³/mol. The number of hydrogen-bond acceptors (Lipinski definition) is 3. The molecule has 0 unspecified atom stereocenters. The van der Waals surface area contributed by atoms with Crippen LogP contribution in [0.15, 0.2) is 17.7 Å². The number of nitriles is 1. The third-order valence-corrected chi connectivity index (χ3v) is 4.18. The number of thiophene rings is 1. The first-order valence-electron chi connectivity index (χ1n) is 7.63. The van der Waals surface area contributed by atoms with Gasteiger partial charge in [-0.15, -0.1) is 11.3 Å². The second-order valence-corrected chi connectivity index (χ2v) is 6.46. The normalized spacial score (nSPS) is 11.2. The number of unbranched alkanes of at least 4 members (excludes halogenated alkanes) is 5. The molecule has 0 bridgehead atoms. The molecule has 1 amide bonds. The Morgan fingerprint density at radius 3 is 2.62 bits per heavy atom. The Morgan fingerprint density at radius 2 is 2.00 bits per heavy atom. The van der Waals surface area contributed by atoms with Crippen molar-refractivity contribution in [2.75, 3.05) is 6.54 Å². The molecule has 1 heterocycles. The molecule has 21 heavy (non-hydrogen) atoms. The third-order valence-electron chi connectivity index (χ3n) is 3.23. The molecule has 0 aliphatic heterocycles. The zero-order chi connectivity index (χ0) is 15.5. The van der Waals surface area contributed by atoms with Crippen LogP contribution in [0.25, 0.3) is 6.08 Å². The molecule has 0 saturated carbocycles. The summed E-state index contributed by atoms with van der Waals surface area (Å²) in [4.78, 5) is 14.0. The Labute approximate surface area is 131 Å². The summed E-state index contributed by atoms with van der Waals surface area (Å²) in [5.74, 6) is -0.267. The summed E-state index contributed by atoms with van der Waals surface area (Å²) in [6, 6.07) is 5.90. The molecule has 3 nitrogen and oxygen atoms in total. The number of rotatable bonds is 9. The number of nitrogens with zero attached hydrogens (tertiary/aromatic N) is 1. The summed E-state index contributed by atoms with van der Waals surface area (Å²) >= 11 is 1.58. The van der Waals surface area contributed by atoms with Gasteiger partial charge in [0.1, 0.15) is 11.6 Å². The van der Waals surface area contributed by atoms with Gasteiger partial charge >= 0.3 is 0 Å². The second-order valence-electron chi connectivity index (χ2n) is 5.14.